The van der Waals surface area contributed by atoms with Gasteiger partial charge in [-0.25, -0.2) is 4.39 Å². The second kappa shape index (κ2) is 7.04. The Morgan fingerprint density at radius 3 is 2.60 bits per heavy atom. The molecule has 1 aliphatic rings. The first-order chi connectivity index (χ1) is 9.58. The van der Waals surface area contributed by atoms with Crippen LogP contribution in [0.3, 0.4) is 0 Å². The predicted octanol–water partition coefficient (Wildman–Crippen LogP) is 2.74. The first-order valence-corrected chi connectivity index (χ1v) is 7.50. The summed E-state index contributed by atoms with van der Waals surface area (Å²) in [6, 6.07) is 5.10. The number of phenolic OH excluding ortho intramolecular Hbond substituents is 1. The zero-order valence-corrected chi connectivity index (χ0v) is 12.4. The zero-order valence-electron chi connectivity index (χ0n) is 12.4. The van der Waals surface area contributed by atoms with Crippen LogP contribution in [0.25, 0.3) is 0 Å². The molecule has 1 aromatic carbocycles. The fourth-order valence-corrected chi connectivity index (χ4v) is 2.88. The second-order valence-electron chi connectivity index (χ2n) is 5.97. The van der Waals surface area contributed by atoms with Crippen molar-refractivity contribution in [2.24, 2.45) is 5.92 Å². The number of nitrogens with zero attached hydrogens (tertiary/aromatic N) is 1. The minimum Gasteiger partial charge on any atom is -0.505 e. The number of hydrogen-bond donors (Lipinski definition) is 2. The van der Waals surface area contributed by atoms with E-state index in [-0.39, 0.29) is 5.75 Å². The lowest BCUT2D eigenvalue weighted by Gasteiger charge is -2.31. The van der Waals surface area contributed by atoms with E-state index in [1.54, 1.807) is 6.07 Å². The maximum absolute atomic E-state index is 13.3. The number of nitrogens with one attached hydrogen (secondary N) is 1. The number of likely N-dealkylation sites (tertiary alicyclic amines) is 1. The monoisotopic (exact) mass is 280 g/mol. The summed E-state index contributed by atoms with van der Waals surface area (Å²) in [7, 11) is 0. The molecule has 2 rings (SSSR count). The van der Waals surface area contributed by atoms with E-state index in [0.717, 1.165) is 12.1 Å². The molecule has 1 saturated heterocycles. The van der Waals surface area contributed by atoms with Gasteiger partial charge in [-0.1, -0.05) is 19.9 Å². The van der Waals surface area contributed by atoms with E-state index < -0.39 is 5.82 Å². The molecule has 20 heavy (non-hydrogen) atoms. The standard InChI is InChI=1S/C16H25FN2O/c1-12(2)15(19-7-3-4-8-19)11-18-10-13-5-6-16(20)14(17)9-13/h5-6,9,12,15,18,20H,3-4,7-8,10-11H2,1-2H3. The van der Waals surface area contributed by atoms with Gasteiger partial charge >= 0.3 is 0 Å². The number of rotatable bonds is 6. The summed E-state index contributed by atoms with van der Waals surface area (Å²) in [4.78, 5) is 2.55. The third-order valence-corrected chi connectivity index (χ3v) is 4.07. The Kier molecular flexibility index (Phi) is 5.38. The summed E-state index contributed by atoms with van der Waals surface area (Å²) in [5.41, 5.74) is 0.865. The van der Waals surface area contributed by atoms with Gasteiger partial charge in [0.05, 0.1) is 0 Å². The van der Waals surface area contributed by atoms with Crippen LogP contribution in [0, 0.1) is 11.7 Å². The van der Waals surface area contributed by atoms with Crippen molar-refractivity contribution in [1.82, 2.24) is 10.2 Å². The Bertz CT molecular complexity index is 430. The normalized spacial score (nSPS) is 17.8. The smallest absolute Gasteiger partial charge is 0.165 e. The molecule has 112 valence electrons. The van der Waals surface area contributed by atoms with Crippen LogP contribution in [0.1, 0.15) is 32.3 Å². The molecular formula is C16H25FN2O. The highest BCUT2D eigenvalue weighted by Gasteiger charge is 2.23. The van der Waals surface area contributed by atoms with Crippen molar-refractivity contribution in [3.63, 3.8) is 0 Å². The van der Waals surface area contributed by atoms with Crippen LogP contribution in [-0.2, 0) is 6.54 Å². The van der Waals surface area contributed by atoms with Crippen molar-refractivity contribution in [2.75, 3.05) is 19.6 Å². The Morgan fingerprint density at radius 1 is 1.30 bits per heavy atom. The first kappa shape index (κ1) is 15.3. The number of phenols is 1. The van der Waals surface area contributed by atoms with E-state index in [1.165, 1.54) is 38.1 Å². The molecule has 0 aromatic heterocycles. The molecule has 0 aliphatic carbocycles. The van der Waals surface area contributed by atoms with Crippen molar-refractivity contribution in [3.8, 4) is 5.75 Å². The zero-order chi connectivity index (χ0) is 14.5. The predicted molar refractivity (Wildman–Crippen MR) is 79.2 cm³/mol. The number of benzene rings is 1. The molecule has 0 spiro atoms. The van der Waals surface area contributed by atoms with Gasteiger partial charge in [0.1, 0.15) is 0 Å². The molecule has 1 atom stereocenters. The van der Waals surface area contributed by atoms with Crippen molar-refractivity contribution in [1.29, 1.82) is 0 Å². The SMILES string of the molecule is CC(C)C(CNCc1ccc(O)c(F)c1)N1CCCC1. The van der Waals surface area contributed by atoms with E-state index >= 15 is 0 Å². The van der Waals surface area contributed by atoms with E-state index in [0.29, 0.717) is 18.5 Å². The highest BCUT2D eigenvalue weighted by molar-refractivity contribution is 5.27. The van der Waals surface area contributed by atoms with Gasteiger partial charge in [0.15, 0.2) is 11.6 Å². The van der Waals surface area contributed by atoms with E-state index in [4.69, 9.17) is 0 Å². The van der Waals surface area contributed by atoms with E-state index in [2.05, 4.69) is 24.1 Å². The molecule has 4 heteroatoms. The van der Waals surface area contributed by atoms with Gasteiger partial charge in [0.2, 0.25) is 0 Å². The molecule has 1 aliphatic heterocycles. The lowest BCUT2D eigenvalue weighted by molar-refractivity contribution is 0.186. The third-order valence-electron chi connectivity index (χ3n) is 4.07. The minimum absolute atomic E-state index is 0.286. The lowest BCUT2D eigenvalue weighted by Crippen LogP contribution is -2.44. The summed E-state index contributed by atoms with van der Waals surface area (Å²) >= 11 is 0. The summed E-state index contributed by atoms with van der Waals surface area (Å²) in [5, 5.41) is 12.6. The van der Waals surface area contributed by atoms with Crippen LogP contribution in [0.5, 0.6) is 5.75 Å². The Balaban J connectivity index is 1.84. The number of hydrogen-bond acceptors (Lipinski definition) is 3. The van der Waals surface area contributed by atoms with Crippen LogP contribution in [0.4, 0.5) is 4.39 Å². The molecule has 0 bridgehead atoms. The van der Waals surface area contributed by atoms with Crippen LogP contribution in [-0.4, -0.2) is 35.7 Å². The molecule has 1 heterocycles. The Hall–Kier alpha value is -1.13. The summed E-state index contributed by atoms with van der Waals surface area (Å²) < 4.78 is 13.3. The topological polar surface area (TPSA) is 35.5 Å². The van der Waals surface area contributed by atoms with Gasteiger partial charge in [0, 0.05) is 19.1 Å². The molecule has 1 aromatic rings. The maximum Gasteiger partial charge on any atom is 0.165 e. The second-order valence-corrected chi connectivity index (χ2v) is 5.97. The summed E-state index contributed by atoms with van der Waals surface area (Å²) in [6.45, 7) is 8.45. The maximum atomic E-state index is 13.3. The Morgan fingerprint density at radius 2 is 2.00 bits per heavy atom. The Labute approximate surface area is 120 Å². The number of aromatic hydroxyl groups is 1. The largest absolute Gasteiger partial charge is 0.505 e. The highest BCUT2D eigenvalue weighted by atomic mass is 19.1. The van der Waals surface area contributed by atoms with Crippen LogP contribution in [0.15, 0.2) is 18.2 Å². The van der Waals surface area contributed by atoms with Crippen LogP contribution < -0.4 is 5.32 Å². The first-order valence-electron chi connectivity index (χ1n) is 7.50. The van der Waals surface area contributed by atoms with Crippen molar-refractivity contribution in [3.05, 3.63) is 29.6 Å². The van der Waals surface area contributed by atoms with E-state index in [1.807, 2.05) is 0 Å². The van der Waals surface area contributed by atoms with Crippen LogP contribution >= 0.6 is 0 Å². The van der Waals surface area contributed by atoms with Crippen molar-refractivity contribution >= 4 is 0 Å². The molecular weight excluding hydrogens is 255 g/mol. The van der Waals surface area contributed by atoms with E-state index in [9.17, 15) is 9.50 Å². The highest BCUT2D eigenvalue weighted by Crippen LogP contribution is 2.18. The van der Waals surface area contributed by atoms with Crippen molar-refractivity contribution in [2.45, 2.75) is 39.3 Å². The van der Waals surface area contributed by atoms with Crippen molar-refractivity contribution < 1.29 is 9.50 Å². The minimum atomic E-state index is -0.552. The molecule has 3 nitrogen and oxygen atoms in total. The van der Waals surface area contributed by atoms with Gasteiger partial charge in [-0.05, 0) is 49.5 Å². The summed E-state index contributed by atoms with van der Waals surface area (Å²) in [5.74, 6) is -0.229. The van der Waals surface area contributed by atoms with Gasteiger partial charge in [-0.2, -0.15) is 0 Å². The molecule has 2 N–H and O–H groups in total. The average Bonchev–Trinajstić information content (AvgIpc) is 2.92. The van der Waals surface area contributed by atoms with Crippen LogP contribution in [0.2, 0.25) is 0 Å². The quantitative estimate of drug-likeness (QED) is 0.841. The number of halogens is 1. The third kappa shape index (κ3) is 3.93. The molecule has 0 saturated carbocycles. The lowest BCUT2D eigenvalue weighted by atomic mass is 10.0. The fraction of sp³-hybridized carbons (Fsp3) is 0.625. The van der Waals surface area contributed by atoms with Gasteiger partial charge < -0.3 is 10.4 Å². The molecule has 1 unspecified atom stereocenters. The molecule has 0 radical (unpaired) electrons. The fourth-order valence-electron chi connectivity index (χ4n) is 2.88. The average molecular weight is 280 g/mol. The van der Waals surface area contributed by atoms with Gasteiger partial charge in [-0.3, -0.25) is 4.90 Å². The molecule has 1 fully saturated rings. The van der Waals surface area contributed by atoms with Gasteiger partial charge in [0.25, 0.3) is 0 Å². The molecule has 0 amide bonds. The van der Waals surface area contributed by atoms with Gasteiger partial charge in [-0.15, -0.1) is 0 Å². The summed E-state index contributed by atoms with van der Waals surface area (Å²) in [6.07, 6.45) is 2.60.